The van der Waals surface area contributed by atoms with Gasteiger partial charge in [0.1, 0.15) is 0 Å². The highest BCUT2D eigenvalue weighted by molar-refractivity contribution is 5.78. The molecule has 0 aromatic rings. The molecule has 114 valence electrons. The van der Waals surface area contributed by atoms with E-state index in [1.165, 1.54) is 12.8 Å². The van der Waals surface area contributed by atoms with Gasteiger partial charge in [0.25, 0.3) is 0 Å². The van der Waals surface area contributed by atoms with Gasteiger partial charge in [0.15, 0.2) is 0 Å². The van der Waals surface area contributed by atoms with Crippen LogP contribution in [0, 0.1) is 11.3 Å². The molecule has 2 amide bonds. The Hall–Kier alpha value is -1.26. The van der Waals surface area contributed by atoms with Gasteiger partial charge in [-0.1, -0.05) is 19.8 Å². The number of aliphatic carboxylic acids is 1. The molecular weight excluding hydrogens is 256 g/mol. The number of rotatable bonds is 7. The van der Waals surface area contributed by atoms with Gasteiger partial charge in [0, 0.05) is 19.6 Å². The molecule has 0 aromatic carbocycles. The zero-order valence-electron chi connectivity index (χ0n) is 12.4. The van der Waals surface area contributed by atoms with Gasteiger partial charge in [-0.15, -0.1) is 0 Å². The third-order valence-electron chi connectivity index (χ3n) is 4.55. The first-order valence-corrected chi connectivity index (χ1v) is 7.83. The van der Waals surface area contributed by atoms with Gasteiger partial charge in [0.2, 0.25) is 0 Å². The molecule has 20 heavy (non-hydrogen) atoms. The summed E-state index contributed by atoms with van der Waals surface area (Å²) in [5.41, 5.74) is -0.729. The Balaban J connectivity index is 1.86. The Labute approximate surface area is 120 Å². The van der Waals surface area contributed by atoms with E-state index in [0.29, 0.717) is 18.8 Å². The number of nitrogens with one attached hydrogen (secondary N) is 1. The van der Waals surface area contributed by atoms with Crippen LogP contribution in [0.1, 0.15) is 51.9 Å². The summed E-state index contributed by atoms with van der Waals surface area (Å²) in [5.74, 6) is -0.105. The molecule has 2 rings (SSSR count). The zero-order valence-corrected chi connectivity index (χ0v) is 12.4. The fraction of sp³-hybridized carbons (Fsp3) is 0.867. The fourth-order valence-corrected chi connectivity index (χ4v) is 3.03. The van der Waals surface area contributed by atoms with Gasteiger partial charge < -0.3 is 15.3 Å². The third-order valence-corrected chi connectivity index (χ3v) is 4.55. The van der Waals surface area contributed by atoms with Crippen LogP contribution >= 0.6 is 0 Å². The Morgan fingerprint density at radius 1 is 1.30 bits per heavy atom. The van der Waals surface area contributed by atoms with Crippen molar-refractivity contribution in [2.45, 2.75) is 51.9 Å². The number of hydrogen-bond donors (Lipinski definition) is 2. The quantitative estimate of drug-likeness (QED) is 0.753. The molecule has 0 unspecified atom stereocenters. The summed E-state index contributed by atoms with van der Waals surface area (Å²) in [5, 5.41) is 12.3. The summed E-state index contributed by atoms with van der Waals surface area (Å²) in [6.45, 7) is 3.90. The number of carbonyl (C=O) groups excluding carboxylic acids is 1. The maximum absolute atomic E-state index is 12.2. The van der Waals surface area contributed by atoms with Crippen molar-refractivity contribution in [1.29, 1.82) is 0 Å². The van der Waals surface area contributed by atoms with E-state index in [4.69, 9.17) is 0 Å². The molecule has 0 saturated heterocycles. The average Bonchev–Trinajstić information content (AvgIpc) is 3.10. The molecule has 5 nitrogen and oxygen atoms in total. The third kappa shape index (κ3) is 3.64. The van der Waals surface area contributed by atoms with Crippen molar-refractivity contribution >= 4 is 12.0 Å². The molecule has 0 aliphatic heterocycles. The minimum absolute atomic E-state index is 0.0914. The van der Waals surface area contributed by atoms with Crippen molar-refractivity contribution in [1.82, 2.24) is 10.2 Å². The molecule has 2 N–H and O–H groups in total. The number of carbonyl (C=O) groups is 2. The van der Waals surface area contributed by atoms with Crippen molar-refractivity contribution < 1.29 is 14.7 Å². The van der Waals surface area contributed by atoms with E-state index in [-0.39, 0.29) is 12.6 Å². The van der Waals surface area contributed by atoms with Crippen LogP contribution in [-0.2, 0) is 4.79 Å². The van der Waals surface area contributed by atoms with Gasteiger partial charge in [-0.05, 0) is 38.0 Å². The molecule has 0 bridgehead atoms. The highest BCUT2D eigenvalue weighted by atomic mass is 16.4. The minimum Gasteiger partial charge on any atom is -0.481 e. The first kappa shape index (κ1) is 15.1. The number of carboxylic acid groups (broad SMARTS) is 1. The van der Waals surface area contributed by atoms with E-state index in [1.807, 2.05) is 4.90 Å². The summed E-state index contributed by atoms with van der Waals surface area (Å²) in [4.78, 5) is 25.5. The number of amides is 2. The second-order valence-corrected chi connectivity index (χ2v) is 6.34. The van der Waals surface area contributed by atoms with Crippen molar-refractivity contribution in [2.75, 3.05) is 19.6 Å². The largest absolute Gasteiger partial charge is 0.481 e. The summed E-state index contributed by atoms with van der Waals surface area (Å²) >= 11 is 0. The van der Waals surface area contributed by atoms with E-state index in [2.05, 4.69) is 12.2 Å². The Morgan fingerprint density at radius 3 is 2.45 bits per heavy atom. The first-order valence-electron chi connectivity index (χ1n) is 7.83. The van der Waals surface area contributed by atoms with Gasteiger partial charge in [-0.25, -0.2) is 4.79 Å². The second kappa shape index (κ2) is 6.46. The monoisotopic (exact) mass is 282 g/mol. The van der Waals surface area contributed by atoms with Gasteiger partial charge in [-0.2, -0.15) is 0 Å². The molecule has 0 heterocycles. The van der Waals surface area contributed by atoms with Crippen molar-refractivity contribution in [3.63, 3.8) is 0 Å². The second-order valence-electron chi connectivity index (χ2n) is 6.34. The number of carboxylic acids is 1. The van der Waals surface area contributed by atoms with Crippen LogP contribution in [-0.4, -0.2) is 41.6 Å². The zero-order chi connectivity index (χ0) is 14.6. The fourth-order valence-electron chi connectivity index (χ4n) is 3.03. The molecule has 2 aliphatic carbocycles. The standard InChI is InChI=1S/C15H26N2O3/c1-2-9-17(10-12-5-6-12)14(20)16-11-15(13(18)19)7-3-4-8-15/h12H,2-11H2,1H3,(H,16,20)(H,18,19). The molecule has 0 aromatic heterocycles. The Bertz CT molecular complexity index is 360. The Kier molecular flexibility index (Phi) is 4.89. The van der Waals surface area contributed by atoms with Crippen LogP contribution < -0.4 is 5.32 Å². The summed E-state index contributed by atoms with van der Waals surface area (Å²) in [7, 11) is 0. The molecule has 0 spiro atoms. The molecule has 5 heteroatoms. The van der Waals surface area contributed by atoms with E-state index in [0.717, 1.165) is 32.4 Å². The van der Waals surface area contributed by atoms with Crippen molar-refractivity contribution in [3.8, 4) is 0 Å². The molecular formula is C15H26N2O3. The van der Waals surface area contributed by atoms with Crippen LogP contribution in [0.15, 0.2) is 0 Å². The highest BCUT2D eigenvalue weighted by Gasteiger charge is 2.41. The maximum atomic E-state index is 12.2. The molecule has 0 radical (unpaired) electrons. The van der Waals surface area contributed by atoms with Crippen LogP contribution in [0.5, 0.6) is 0 Å². The maximum Gasteiger partial charge on any atom is 0.317 e. The first-order chi connectivity index (χ1) is 9.57. The molecule has 0 atom stereocenters. The van der Waals surface area contributed by atoms with Gasteiger partial charge in [-0.3, -0.25) is 4.79 Å². The minimum atomic E-state index is -0.764. The van der Waals surface area contributed by atoms with Crippen LogP contribution in [0.3, 0.4) is 0 Å². The summed E-state index contributed by atoms with van der Waals surface area (Å²) < 4.78 is 0. The van der Waals surface area contributed by atoms with E-state index in [9.17, 15) is 14.7 Å². The smallest absolute Gasteiger partial charge is 0.317 e. The van der Waals surface area contributed by atoms with Crippen LogP contribution in [0.25, 0.3) is 0 Å². The van der Waals surface area contributed by atoms with E-state index < -0.39 is 11.4 Å². The van der Waals surface area contributed by atoms with Gasteiger partial charge >= 0.3 is 12.0 Å². The van der Waals surface area contributed by atoms with Gasteiger partial charge in [0.05, 0.1) is 5.41 Å². The lowest BCUT2D eigenvalue weighted by molar-refractivity contribution is -0.148. The lowest BCUT2D eigenvalue weighted by Crippen LogP contribution is -2.47. The summed E-state index contributed by atoms with van der Waals surface area (Å²) in [6, 6.07) is -0.0914. The molecule has 2 aliphatic rings. The van der Waals surface area contributed by atoms with Crippen LogP contribution in [0.4, 0.5) is 4.79 Å². The molecule has 2 fully saturated rings. The highest BCUT2D eigenvalue weighted by Crippen LogP contribution is 2.37. The van der Waals surface area contributed by atoms with Crippen LogP contribution in [0.2, 0.25) is 0 Å². The molecule has 2 saturated carbocycles. The van der Waals surface area contributed by atoms with E-state index in [1.54, 1.807) is 0 Å². The van der Waals surface area contributed by atoms with E-state index >= 15 is 0 Å². The van der Waals surface area contributed by atoms with Crippen molar-refractivity contribution in [3.05, 3.63) is 0 Å². The van der Waals surface area contributed by atoms with Crippen molar-refractivity contribution in [2.24, 2.45) is 11.3 Å². The Morgan fingerprint density at radius 2 is 1.95 bits per heavy atom. The SMILES string of the molecule is CCCN(CC1CC1)C(=O)NCC1(C(=O)O)CCCC1. The normalized spacial score (nSPS) is 20.6. The lowest BCUT2D eigenvalue weighted by atomic mass is 9.86. The number of urea groups is 1. The number of nitrogens with zero attached hydrogens (tertiary/aromatic N) is 1. The predicted molar refractivity (Wildman–Crippen MR) is 76.5 cm³/mol. The lowest BCUT2D eigenvalue weighted by Gasteiger charge is -2.27. The topological polar surface area (TPSA) is 69.6 Å². The predicted octanol–water partition coefficient (Wildman–Crippen LogP) is 2.46. The average molecular weight is 282 g/mol. The summed E-state index contributed by atoms with van der Waals surface area (Å²) in [6.07, 6.45) is 6.62. The number of hydrogen-bond acceptors (Lipinski definition) is 2.